The summed E-state index contributed by atoms with van der Waals surface area (Å²) in [6, 6.07) is 4.29. The summed E-state index contributed by atoms with van der Waals surface area (Å²) in [7, 11) is 0. The highest BCUT2D eigenvalue weighted by Gasteiger charge is 2.33. The zero-order valence-corrected chi connectivity index (χ0v) is 11.1. The standard InChI is InChI=1S/C13H16N4O3/c1-2-8-13(20)16-10(18)6-17(8)9-5-3-4-7(11(9)14)12(15)19/h3-5,8H,2,6,14H2,1H3,(H2,15,19)(H,16,18,20). The second-order valence-corrected chi connectivity index (χ2v) is 4.57. The molecule has 1 atom stereocenters. The normalized spacial score (nSPS) is 18.9. The first-order valence-electron chi connectivity index (χ1n) is 6.24. The molecule has 1 aliphatic heterocycles. The van der Waals surface area contributed by atoms with E-state index in [9.17, 15) is 14.4 Å². The first-order chi connectivity index (χ1) is 9.45. The van der Waals surface area contributed by atoms with Crippen LogP contribution in [0.3, 0.4) is 0 Å². The SMILES string of the molecule is CCC1C(=O)NC(=O)CN1c1cccc(C(N)=O)c1N. The molecule has 3 amide bonds. The van der Waals surface area contributed by atoms with E-state index in [-0.39, 0.29) is 23.7 Å². The van der Waals surface area contributed by atoms with Crippen LogP contribution < -0.4 is 21.7 Å². The number of anilines is 2. The number of nitrogens with two attached hydrogens (primary N) is 2. The Hall–Kier alpha value is -2.57. The van der Waals surface area contributed by atoms with E-state index in [0.29, 0.717) is 12.1 Å². The van der Waals surface area contributed by atoms with Crippen molar-refractivity contribution in [2.75, 3.05) is 17.2 Å². The summed E-state index contributed by atoms with van der Waals surface area (Å²) in [6.07, 6.45) is 0.513. The zero-order valence-electron chi connectivity index (χ0n) is 11.1. The van der Waals surface area contributed by atoms with Gasteiger partial charge in [-0.3, -0.25) is 19.7 Å². The molecule has 1 unspecified atom stereocenters. The van der Waals surface area contributed by atoms with Crippen LogP contribution >= 0.6 is 0 Å². The third kappa shape index (κ3) is 2.29. The van der Waals surface area contributed by atoms with Gasteiger partial charge in [-0.25, -0.2) is 0 Å². The minimum Gasteiger partial charge on any atom is -0.396 e. The van der Waals surface area contributed by atoms with Gasteiger partial charge in [-0.15, -0.1) is 0 Å². The Bertz CT molecular complexity index is 585. The molecular formula is C13H16N4O3. The summed E-state index contributed by atoms with van der Waals surface area (Å²) < 4.78 is 0. The summed E-state index contributed by atoms with van der Waals surface area (Å²) in [5.41, 5.74) is 12.0. The average Bonchev–Trinajstić information content (AvgIpc) is 2.37. The maximum absolute atomic E-state index is 11.8. The highest BCUT2D eigenvalue weighted by Crippen LogP contribution is 2.29. The van der Waals surface area contributed by atoms with Crippen molar-refractivity contribution in [2.45, 2.75) is 19.4 Å². The molecule has 1 aromatic rings. The first kappa shape index (κ1) is 13.9. The molecule has 1 heterocycles. The first-order valence-corrected chi connectivity index (χ1v) is 6.24. The number of rotatable bonds is 3. The van der Waals surface area contributed by atoms with Crippen LogP contribution in [0, 0.1) is 0 Å². The molecule has 0 aliphatic carbocycles. The van der Waals surface area contributed by atoms with Gasteiger partial charge in [0.1, 0.15) is 6.04 Å². The molecule has 1 fully saturated rings. The van der Waals surface area contributed by atoms with Gasteiger partial charge in [0.15, 0.2) is 0 Å². The molecule has 7 nitrogen and oxygen atoms in total. The predicted octanol–water partition coefficient (Wildman–Crippen LogP) is -0.391. The summed E-state index contributed by atoms with van der Waals surface area (Å²) in [5.74, 6) is -1.42. The van der Waals surface area contributed by atoms with Gasteiger partial charge in [0.25, 0.3) is 5.91 Å². The summed E-state index contributed by atoms with van der Waals surface area (Å²) in [5, 5.41) is 2.28. The second kappa shape index (κ2) is 5.20. The number of imide groups is 1. The van der Waals surface area contributed by atoms with E-state index in [1.807, 2.05) is 6.92 Å². The second-order valence-electron chi connectivity index (χ2n) is 4.57. The maximum atomic E-state index is 11.8. The van der Waals surface area contributed by atoms with Crippen molar-refractivity contribution < 1.29 is 14.4 Å². The van der Waals surface area contributed by atoms with Crippen molar-refractivity contribution in [3.63, 3.8) is 0 Å². The fraction of sp³-hybridized carbons (Fsp3) is 0.308. The van der Waals surface area contributed by atoms with Crippen molar-refractivity contribution in [2.24, 2.45) is 5.73 Å². The van der Waals surface area contributed by atoms with Crippen molar-refractivity contribution in [3.05, 3.63) is 23.8 Å². The van der Waals surface area contributed by atoms with Crippen molar-refractivity contribution in [3.8, 4) is 0 Å². The molecule has 1 aliphatic rings. The minimum absolute atomic E-state index is 0.0106. The monoisotopic (exact) mass is 276 g/mol. The van der Waals surface area contributed by atoms with Crippen LogP contribution in [0.15, 0.2) is 18.2 Å². The Balaban J connectivity index is 2.48. The van der Waals surface area contributed by atoms with Crippen molar-refractivity contribution in [1.82, 2.24) is 5.32 Å². The van der Waals surface area contributed by atoms with Gasteiger partial charge < -0.3 is 16.4 Å². The molecule has 5 N–H and O–H groups in total. The third-order valence-corrected chi connectivity index (χ3v) is 3.30. The van der Waals surface area contributed by atoms with Gasteiger partial charge in [0.2, 0.25) is 11.8 Å². The molecule has 20 heavy (non-hydrogen) atoms. The molecule has 1 saturated heterocycles. The van der Waals surface area contributed by atoms with Gasteiger partial charge >= 0.3 is 0 Å². The lowest BCUT2D eigenvalue weighted by molar-refractivity contribution is -0.132. The molecule has 0 saturated carbocycles. The molecule has 1 aromatic carbocycles. The van der Waals surface area contributed by atoms with Crippen LogP contribution in [0.25, 0.3) is 0 Å². The smallest absolute Gasteiger partial charge is 0.250 e. The zero-order chi connectivity index (χ0) is 14.9. The topological polar surface area (TPSA) is 119 Å². The molecule has 7 heteroatoms. The van der Waals surface area contributed by atoms with Gasteiger partial charge in [-0.1, -0.05) is 13.0 Å². The number of hydrogen-bond donors (Lipinski definition) is 3. The lowest BCUT2D eigenvalue weighted by Crippen LogP contribution is -2.58. The Labute approximate surface area is 115 Å². The Kier molecular flexibility index (Phi) is 3.60. The van der Waals surface area contributed by atoms with Crippen LogP contribution in [-0.2, 0) is 9.59 Å². The van der Waals surface area contributed by atoms with Crippen molar-refractivity contribution in [1.29, 1.82) is 0 Å². The highest BCUT2D eigenvalue weighted by molar-refractivity contribution is 6.07. The molecule has 0 bridgehead atoms. The van der Waals surface area contributed by atoms with E-state index in [1.54, 1.807) is 17.0 Å². The summed E-state index contributed by atoms with van der Waals surface area (Å²) >= 11 is 0. The number of amides is 3. The number of piperazine rings is 1. The molecule has 0 aromatic heterocycles. The van der Waals surface area contributed by atoms with E-state index in [1.165, 1.54) is 6.07 Å². The fourth-order valence-electron chi connectivity index (χ4n) is 2.34. The fourth-order valence-corrected chi connectivity index (χ4v) is 2.34. The summed E-state index contributed by atoms with van der Waals surface area (Å²) in [6.45, 7) is 1.85. The predicted molar refractivity (Wildman–Crippen MR) is 73.9 cm³/mol. The molecular weight excluding hydrogens is 260 g/mol. The number of primary amides is 1. The van der Waals surface area contributed by atoms with E-state index >= 15 is 0 Å². The quantitative estimate of drug-likeness (QED) is 0.513. The van der Waals surface area contributed by atoms with Gasteiger partial charge in [0.05, 0.1) is 23.5 Å². The van der Waals surface area contributed by atoms with Gasteiger partial charge in [0, 0.05) is 0 Å². The maximum Gasteiger partial charge on any atom is 0.250 e. The van der Waals surface area contributed by atoms with Crippen LogP contribution in [-0.4, -0.2) is 30.3 Å². The number of para-hydroxylation sites is 1. The largest absolute Gasteiger partial charge is 0.396 e. The number of carbonyl (C=O) groups excluding carboxylic acids is 3. The van der Waals surface area contributed by atoms with Crippen LogP contribution in [0.2, 0.25) is 0 Å². The lowest BCUT2D eigenvalue weighted by Gasteiger charge is -2.36. The van der Waals surface area contributed by atoms with Gasteiger partial charge in [-0.2, -0.15) is 0 Å². The Morgan fingerprint density at radius 3 is 2.75 bits per heavy atom. The van der Waals surface area contributed by atoms with Crippen LogP contribution in [0.5, 0.6) is 0 Å². The minimum atomic E-state index is -0.648. The van der Waals surface area contributed by atoms with E-state index in [2.05, 4.69) is 5.32 Å². The number of nitrogen functional groups attached to an aromatic ring is 1. The van der Waals surface area contributed by atoms with Crippen molar-refractivity contribution >= 4 is 29.1 Å². The van der Waals surface area contributed by atoms with Gasteiger partial charge in [-0.05, 0) is 18.6 Å². The average molecular weight is 276 g/mol. The highest BCUT2D eigenvalue weighted by atomic mass is 16.2. The van der Waals surface area contributed by atoms with E-state index < -0.39 is 17.9 Å². The van der Waals surface area contributed by atoms with E-state index in [0.717, 1.165) is 0 Å². The third-order valence-electron chi connectivity index (χ3n) is 3.30. The Morgan fingerprint density at radius 1 is 1.45 bits per heavy atom. The number of nitrogens with zero attached hydrogens (tertiary/aromatic N) is 1. The van der Waals surface area contributed by atoms with Crippen LogP contribution in [0.4, 0.5) is 11.4 Å². The molecule has 2 rings (SSSR count). The summed E-state index contributed by atoms with van der Waals surface area (Å²) in [4.78, 5) is 36.3. The molecule has 106 valence electrons. The number of nitrogens with one attached hydrogen (secondary N) is 1. The Morgan fingerprint density at radius 2 is 2.15 bits per heavy atom. The van der Waals surface area contributed by atoms with Crippen LogP contribution in [0.1, 0.15) is 23.7 Å². The number of benzene rings is 1. The number of carbonyl (C=O) groups is 3. The lowest BCUT2D eigenvalue weighted by atomic mass is 10.0. The molecule has 0 radical (unpaired) electrons. The molecule has 0 spiro atoms. The number of hydrogen-bond acceptors (Lipinski definition) is 5. The van der Waals surface area contributed by atoms with E-state index in [4.69, 9.17) is 11.5 Å².